The molecule has 0 unspecified atom stereocenters. The van der Waals surface area contributed by atoms with Crippen LogP contribution >= 0.6 is 22.9 Å². The molecule has 0 bridgehead atoms. The van der Waals surface area contributed by atoms with E-state index in [-0.39, 0.29) is 11.1 Å². The first-order valence-corrected chi connectivity index (χ1v) is 11.2. The molecule has 3 aromatic rings. The number of thiazole rings is 1. The molecule has 0 radical (unpaired) electrons. The highest BCUT2D eigenvalue weighted by atomic mass is 35.5. The predicted octanol–water partition coefficient (Wildman–Crippen LogP) is 3.41. The predicted molar refractivity (Wildman–Crippen MR) is 121 cm³/mol. The number of nitrogens with one attached hydrogen (secondary N) is 1. The molecule has 0 saturated carbocycles. The van der Waals surface area contributed by atoms with Gasteiger partial charge in [0.05, 0.1) is 0 Å². The van der Waals surface area contributed by atoms with Crippen LogP contribution in [0.5, 0.6) is 0 Å². The summed E-state index contributed by atoms with van der Waals surface area (Å²) >= 11 is 7.49. The highest BCUT2D eigenvalue weighted by Crippen LogP contribution is 2.30. The van der Waals surface area contributed by atoms with Crippen molar-refractivity contribution >= 4 is 28.8 Å². The van der Waals surface area contributed by atoms with Gasteiger partial charge in [0, 0.05) is 63.8 Å². The van der Waals surface area contributed by atoms with Crippen molar-refractivity contribution in [2.24, 2.45) is 0 Å². The summed E-state index contributed by atoms with van der Waals surface area (Å²) in [5.74, 6) is -0.171. The Balaban J connectivity index is 1.22. The Bertz CT molecular complexity index is 958. The first-order chi connectivity index (χ1) is 14.7. The summed E-state index contributed by atoms with van der Waals surface area (Å²) in [5.41, 5.74) is 2.21. The molecule has 1 saturated heterocycles. The number of hydrogen-bond acceptors (Lipinski definition) is 6. The Morgan fingerprint density at radius 2 is 1.83 bits per heavy atom. The lowest BCUT2D eigenvalue weighted by molar-refractivity contribution is 0.0938. The molecule has 2 aromatic heterocycles. The molecular weight excluding hydrogens is 418 g/mol. The minimum Gasteiger partial charge on any atom is -0.350 e. The van der Waals surface area contributed by atoms with E-state index in [4.69, 9.17) is 11.6 Å². The minimum absolute atomic E-state index is 0.171. The van der Waals surface area contributed by atoms with Crippen LogP contribution < -0.4 is 5.32 Å². The van der Waals surface area contributed by atoms with Crippen LogP contribution in [0.25, 0.3) is 10.6 Å². The van der Waals surface area contributed by atoms with E-state index < -0.39 is 0 Å². The van der Waals surface area contributed by atoms with Gasteiger partial charge in [0.15, 0.2) is 5.15 Å². The summed E-state index contributed by atoms with van der Waals surface area (Å²) in [6.07, 6.45) is 3.42. The van der Waals surface area contributed by atoms with Crippen LogP contribution in [0.15, 0.2) is 54.9 Å². The Hall–Kier alpha value is -2.32. The van der Waals surface area contributed by atoms with Gasteiger partial charge in [-0.3, -0.25) is 19.6 Å². The number of benzene rings is 1. The number of hydrogen-bond donors (Lipinski definition) is 1. The molecule has 1 aliphatic rings. The summed E-state index contributed by atoms with van der Waals surface area (Å²) < 4.78 is 0. The van der Waals surface area contributed by atoms with Gasteiger partial charge in [-0.1, -0.05) is 41.9 Å². The molecule has 1 N–H and O–H groups in total. The van der Waals surface area contributed by atoms with Gasteiger partial charge in [-0.05, 0) is 17.7 Å². The lowest BCUT2D eigenvalue weighted by Gasteiger charge is -2.34. The molecule has 0 aliphatic carbocycles. The molecule has 8 heteroatoms. The fraction of sp³-hybridized carbons (Fsp3) is 0.318. The first-order valence-electron chi connectivity index (χ1n) is 10.0. The normalized spacial score (nSPS) is 15.2. The first kappa shape index (κ1) is 20.9. The van der Waals surface area contributed by atoms with Crippen molar-refractivity contribution in [2.75, 3.05) is 39.3 Å². The third-order valence-electron chi connectivity index (χ3n) is 5.13. The molecular formula is C22H24ClN5OS. The zero-order valence-electron chi connectivity index (χ0n) is 16.6. The van der Waals surface area contributed by atoms with E-state index in [9.17, 15) is 4.79 Å². The fourth-order valence-corrected chi connectivity index (χ4v) is 4.67. The number of pyridine rings is 1. The van der Waals surface area contributed by atoms with Gasteiger partial charge in [0.2, 0.25) is 0 Å². The van der Waals surface area contributed by atoms with Crippen molar-refractivity contribution in [1.82, 2.24) is 25.1 Å². The maximum atomic E-state index is 12.5. The largest absolute Gasteiger partial charge is 0.350 e. The van der Waals surface area contributed by atoms with Crippen molar-refractivity contribution < 1.29 is 4.79 Å². The molecule has 1 fully saturated rings. The molecule has 156 valence electrons. The average Bonchev–Trinajstić information content (AvgIpc) is 3.18. The Kier molecular flexibility index (Phi) is 7.07. The second-order valence-corrected chi connectivity index (χ2v) is 8.60. The number of halogens is 1. The molecule has 30 heavy (non-hydrogen) atoms. The quantitative estimate of drug-likeness (QED) is 0.608. The molecule has 1 amide bonds. The van der Waals surface area contributed by atoms with Crippen LogP contribution in [0.4, 0.5) is 0 Å². The highest BCUT2D eigenvalue weighted by Gasteiger charge is 2.19. The fourth-order valence-electron chi connectivity index (χ4n) is 3.47. The van der Waals surface area contributed by atoms with E-state index in [1.165, 1.54) is 16.9 Å². The van der Waals surface area contributed by atoms with Crippen molar-refractivity contribution in [3.8, 4) is 10.6 Å². The molecule has 1 aliphatic heterocycles. The van der Waals surface area contributed by atoms with E-state index >= 15 is 0 Å². The van der Waals surface area contributed by atoms with Gasteiger partial charge >= 0.3 is 0 Å². The van der Waals surface area contributed by atoms with E-state index in [1.54, 1.807) is 12.4 Å². The molecule has 1 aromatic carbocycles. The number of aromatic nitrogens is 2. The maximum absolute atomic E-state index is 12.5. The van der Waals surface area contributed by atoms with Crippen molar-refractivity contribution in [3.63, 3.8) is 0 Å². The second kappa shape index (κ2) is 10.1. The van der Waals surface area contributed by atoms with E-state index in [2.05, 4.69) is 55.4 Å². The van der Waals surface area contributed by atoms with Crippen molar-refractivity contribution in [3.05, 3.63) is 70.5 Å². The van der Waals surface area contributed by atoms with Gasteiger partial charge in [0.1, 0.15) is 9.88 Å². The topological polar surface area (TPSA) is 61.4 Å². The van der Waals surface area contributed by atoms with E-state index in [1.807, 2.05) is 12.1 Å². The number of carbonyl (C=O) groups is 1. The molecule has 4 rings (SSSR count). The van der Waals surface area contributed by atoms with Gasteiger partial charge < -0.3 is 5.32 Å². The van der Waals surface area contributed by atoms with Crippen LogP contribution in [-0.4, -0.2) is 64.9 Å². The number of carbonyl (C=O) groups excluding carboxylic acids is 1. The summed E-state index contributed by atoms with van der Waals surface area (Å²) in [7, 11) is 0. The van der Waals surface area contributed by atoms with E-state index in [0.29, 0.717) is 16.4 Å². The molecule has 3 heterocycles. The average molecular weight is 442 g/mol. The van der Waals surface area contributed by atoms with Crippen LogP contribution in [-0.2, 0) is 6.54 Å². The number of nitrogens with zero attached hydrogens (tertiary/aromatic N) is 4. The highest BCUT2D eigenvalue weighted by molar-refractivity contribution is 7.17. The maximum Gasteiger partial charge on any atom is 0.264 e. The second-order valence-electron chi connectivity index (χ2n) is 7.24. The minimum atomic E-state index is -0.171. The van der Waals surface area contributed by atoms with E-state index in [0.717, 1.165) is 44.8 Å². The molecule has 6 nitrogen and oxygen atoms in total. The van der Waals surface area contributed by atoms with Gasteiger partial charge in [0.25, 0.3) is 5.91 Å². The zero-order valence-corrected chi connectivity index (χ0v) is 18.2. The molecule has 0 spiro atoms. The summed E-state index contributed by atoms with van der Waals surface area (Å²) in [5, 5.41) is 3.92. The lowest BCUT2D eigenvalue weighted by atomic mass is 10.2. The summed E-state index contributed by atoms with van der Waals surface area (Å²) in [6.45, 7) is 6.51. The number of amides is 1. The van der Waals surface area contributed by atoms with Gasteiger partial charge in [-0.25, -0.2) is 4.98 Å². The van der Waals surface area contributed by atoms with Crippen LogP contribution in [0.3, 0.4) is 0 Å². The Labute approximate surface area is 185 Å². The third kappa shape index (κ3) is 5.43. The summed E-state index contributed by atoms with van der Waals surface area (Å²) in [4.78, 5) is 26.2. The summed E-state index contributed by atoms with van der Waals surface area (Å²) in [6, 6.07) is 14.3. The third-order valence-corrected chi connectivity index (χ3v) is 6.62. The smallest absolute Gasteiger partial charge is 0.264 e. The number of rotatable bonds is 7. The van der Waals surface area contributed by atoms with Gasteiger partial charge in [-0.15, -0.1) is 11.3 Å². The SMILES string of the molecule is O=C(NCCN1CCN(Cc2ccccc2)CC1)c1sc(-c2cccnc2)nc1Cl. The monoisotopic (exact) mass is 441 g/mol. The number of piperazine rings is 1. The van der Waals surface area contributed by atoms with Crippen molar-refractivity contribution in [2.45, 2.75) is 6.54 Å². The Morgan fingerprint density at radius 3 is 2.57 bits per heavy atom. The van der Waals surface area contributed by atoms with Crippen LogP contribution in [0.2, 0.25) is 5.15 Å². The van der Waals surface area contributed by atoms with Crippen LogP contribution in [0.1, 0.15) is 15.2 Å². The van der Waals surface area contributed by atoms with Gasteiger partial charge in [-0.2, -0.15) is 0 Å². The van der Waals surface area contributed by atoms with Crippen molar-refractivity contribution in [1.29, 1.82) is 0 Å². The molecule has 0 atom stereocenters. The zero-order chi connectivity index (χ0) is 20.8. The van der Waals surface area contributed by atoms with Crippen LogP contribution in [0, 0.1) is 0 Å². The standard InChI is InChI=1S/C22H24ClN5OS/c23-20-19(30-22(26-20)18-7-4-8-24-15-18)21(29)25-9-10-27-11-13-28(14-12-27)16-17-5-2-1-3-6-17/h1-8,15H,9-14,16H2,(H,25,29). The Morgan fingerprint density at radius 1 is 1.07 bits per heavy atom. The lowest BCUT2D eigenvalue weighted by Crippen LogP contribution is -2.48.